The summed E-state index contributed by atoms with van der Waals surface area (Å²) in [5.41, 5.74) is 1.80. The number of carbonyl (C=O) groups is 1. The highest BCUT2D eigenvalue weighted by atomic mass is 35.5. The summed E-state index contributed by atoms with van der Waals surface area (Å²) in [5.74, 6) is 0.737. The Balaban J connectivity index is 1.80. The van der Waals surface area contributed by atoms with Crippen LogP contribution in [0, 0.1) is 6.92 Å². The van der Waals surface area contributed by atoms with Crippen LogP contribution in [0.15, 0.2) is 36.4 Å². The molecule has 0 radical (unpaired) electrons. The number of nitrogens with zero attached hydrogens (tertiary/aromatic N) is 1. The second-order valence-corrected chi connectivity index (χ2v) is 7.28. The molecule has 1 saturated heterocycles. The highest BCUT2D eigenvalue weighted by Gasteiger charge is 2.49. The molecule has 1 N–H and O–H groups in total. The molecule has 2 atom stereocenters. The first-order chi connectivity index (χ1) is 11.4. The van der Waals surface area contributed by atoms with Gasteiger partial charge in [-0.1, -0.05) is 29.3 Å². The minimum absolute atomic E-state index is 0.123. The number of aryl methyl sites for hydroxylation is 1. The summed E-state index contributed by atoms with van der Waals surface area (Å²) in [4.78, 5) is 14.4. The van der Waals surface area contributed by atoms with E-state index in [0.29, 0.717) is 22.2 Å². The number of rotatable bonds is 1. The molecule has 0 saturated carbocycles. The van der Waals surface area contributed by atoms with Crippen molar-refractivity contribution in [3.05, 3.63) is 57.6 Å². The van der Waals surface area contributed by atoms with E-state index in [1.54, 1.807) is 17.0 Å². The molecule has 24 heavy (non-hydrogen) atoms. The fourth-order valence-electron chi connectivity index (χ4n) is 3.46. The lowest BCUT2D eigenvalue weighted by molar-refractivity contribution is 0.0379. The van der Waals surface area contributed by atoms with Crippen molar-refractivity contribution < 1.29 is 9.53 Å². The van der Waals surface area contributed by atoms with Crippen molar-refractivity contribution in [3.8, 4) is 5.75 Å². The van der Waals surface area contributed by atoms with Crippen LogP contribution in [-0.4, -0.2) is 11.8 Å². The Kier molecular flexibility index (Phi) is 3.44. The number of fused-ring (bicyclic) bond motifs is 4. The fourth-order valence-corrected chi connectivity index (χ4v) is 3.81. The number of benzene rings is 2. The van der Waals surface area contributed by atoms with Gasteiger partial charge >= 0.3 is 6.03 Å². The van der Waals surface area contributed by atoms with Crippen LogP contribution in [-0.2, 0) is 0 Å². The number of urea groups is 1. The van der Waals surface area contributed by atoms with Crippen LogP contribution in [0.5, 0.6) is 5.75 Å². The first-order valence-corrected chi connectivity index (χ1v) is 8.48. The quantitative estimate of drug-likeness (QED) is 0.769. The van der Waals surface area contributed by atoms with Crippen LogP contribution in [0.3, 0.4) is 0 Å². The van der Waals surface area contributed by atoms with Crippen molar-refractivity contribution in [2.45, 2.75) is 32.0 Å². The Morgan fingerprint density at radius 3 is 2.79 bits per heavy atom. The van der Waals surface area contributed by atoms with Gasteiger partial charge in [0.25, 0.3) is 0 Å². The molecule has 0 unspecified atom stereocenters. The molecule has 2 aliphatic rings. The molecule has 4 rings (SSSR count). The van der Waals surface area contributed by atoms with E-state index in [9.17, 15) is 4.79 Å². The maximum absolute atomic E-state index is 12.8. The van der Waals surface area contributed by atoms with Gasteiger partial charge in [0.2, 0.25) is 0 Å². The topological polar surface area (TPSA) is 41.6 Å². The lowest BCUT2D eigenvalue weighted by Crippen LogP contribution is -2.65. The van der Waals surface area contributed by atoms with E-state index < -0.39 is 5.72 Å². The van der Waals surface area contributed by atoms with Gasteiger partial charge in [0.05, 0.1) is 11.7 Å². The number of amides is 2. The Morgan fingerprint density at radius 2 is 2.04 bits per heavy atom. The van der Waals surface area contributed by atoms with E-state index in [1.165, 1.54) is 0 Å². The summed E-state index contributed by atoms with van der Waals surface area (Å²) in [7, 11) is 0. The molecular formula is C18H16Cl2N2O2. The zero-order valence-corrected chi connectivity index (χ0v) is 14.8. The Morgan fingerprint density at radius 1 is 1.25 bits per heavy atom. The largest absolute Gasteiger partial charge is 0.467 e. The van der Waals surface area contributed by atoms with E-state index >= 15 is 0 Å². The van der Waals surface area contributed by atoms with Gasteiger partial charge in [-0.05, 0) is 49.7 Å². The third-order valence-corrected chi connectivity index (χ3v) is 5.29. The number of ether oxygens (including phenoxy) is 1. The first kappa shape index (κ1) is 15.6. The van der Waals surface area contributed by atoms with Gasteiger partial charge in [0.15, 0.2) is 5.72 Å². The molecule has 2 aromatic rings. The molecule has 2 aromatic carbocycles. The maximum atomic E-state index is 12.8. The van der Waals surface area contributed by atoms with Crippen LogP contribution < -0.4 is 15.0 Å². The summed E-state index contributed by atoms with van der Waals surface area (Å²) < 4.78 is 6.22. The van der Waals surface area contributed by atoms with Crippen molar-refractivity contribution in [1.29, 1.82) is 0 Å². The van der Waals surface area contributed by atoms with Gasteiger partial charge < -0.3 is 10.1 Å². The fraction of sp³-hybridized carbons (Fsp3) is 0.278. The number of hydrogen-bond donors (Lipinski definition) is 1. The first-order valence-electron chi connectivity index (χ1n) is 7.73. The van der Waals surface area contributed by atoms with Gasteiger partial charge in [-0.3, -0.25) is 4.90 Å². The zero-order valence-electron chi connectivity index (χ0n) is 13.3. The van der Waals surface area contributed by atoms with Crippen LogP contribution >= 0.6 is 23.2 Å². The third kappa shape index (κ3) is 2.33. The lowest BCUT2D eigenvalue weighted by atomic mass is 9.90. The van der Waals surface area contributed by atoms with E-state index in [2.05, 4.69) is 5.32 Å². The molecule has 2 bridgehead atoms. The molecule has 2 aliphatic heterocycles. The molecule has 124 valence electrons. The minimum atomic E-state index is -0.785. The molecule has 0 spiro atoms. The average molecular weight is 363 g/mol. The van der Waals surface area contributed by atoms with Crippen LogP contribution in [0.2, 0.25) is 10.0 Å². The summed E-state index contributed by atoms with van der Waals surface area (Å²) in [6.07, 6.45) is 0.623. The van der Waals surface area contributed by atoms with Gasteiger partial charge in [0.1, 0.15) is 5.75 Å². The number of carbonyl (C=O) groups excluding carboxylic acids is 1. The van der Waals surface area contributed by atoms with Gasteiger partial charge in [-0.25, -0.2) is 4.79 Å². The molecule has 1 fully saturated rings. The number of halogens is 2. The van der Waals surface area contributed by atoms with Crippen molar-refractivity contribution in [1.82, 2.24) is 5.32 Å². The predicted molar refractivity (Wildman–Crippen MR) is 95.0 cm³/mol. The zero-order chi connectivity index (χ0) is 17.1. The predicted octanol–water partition coefficient (Wildman–Crippen LogP) is 5.07. The standard InChI is InChI=1S/C18H16Cl2N2O2/c1-10-3-5-12(8-14(10)20)22-17(23)21-15-9-18(22,2)24-16-6-4-11(19)7-13(15)16/h3-8,15H,9H2,1-2H3,(H,21,23)/t15-,18+/m0/s1. The highest BCUT2D eigenvalue weighted by molar-refractivity contribution is 6.31. The molecule has 4 nitrogen and oxygen atoms in total. The summed E-state index contributed by atoms with van der Waals surface area (Å²) in [6, 6.07) is 10.7. The Labute approximate surface area is 150 Å². The molecule has 0 aliphatic carbocycles. The Hall–Kier alpha value is -1.91. The Bertz CT molecular complexity index is 855. The van der Waals surface area contributed by atoms with Crippen LogP contribution in [0.4, 0.5) is 10.5 Å². The van der Waals surface area contributed by atoms with Crippen molar-refractivity contribution in [2.75, 3.05) is 4.90 Å². The monoisotopic (exact) mass is 362 g/mol. The van der Waals surface area contributed by atoms with Crippen LogP contribution in [0.1, 0.15) is 30.5 Å². The van der Waals surface area contributed by atoms with Gasteiger partial charge in [-0.15, -0.1) is 0 Å². The molecule has 2 heterocycles. The molecule has 6 heteroatoms. The minimum Gasteiger partial charge on any atom is -0.467 e. The third-order valence-electron chi connectivity index (χ3n) is 4.65. The van der Waals surface area contributed by atoms with E-state index in [0.717, 1.165) is 16.9 Å². The lowest BCUT2D eigenvalue weighted by Gasteiger charge is -2.50. The SMILES string of the molecule is Cc1ccc(N2C(=O)N[C@H]3C[C@@]2(C)Oc2ccc(Cl)cc23)cc1Cl. The van der Waals surface area contributed by atoms with Crippen molar-refractivity contribution in [3.63, 3.8) is 0 Å². The van der Waals surface area contributed by atoms with E-state index in [-0.39, 0.29) is 12.1 Å². The van der Waals surface area contributed by atoms with E-state index in [4.69, 9.17) is 27.9 Å². The maximum Gasteiger partial charge on any atom is 0.325 e. The van der Waals surface area contributed by atoms with Gasteiger partial charge in [0, 0.05) is 22.0 Å². The van der Waals surface area contributed by atoms with E-state index in [1.807, 2.05) is 38.1 Å². The normalized spacial score (nSPS) is 24.9. The molecule has 0 aromatic heterocycles. The number of anilines is 1. The number of nitrogens with one attached hydrogen (secondary N) is 1. The van der Waals surface area contributed by atoms with Crippen molar-refractivity contribution >= 4 is 34.9 Å². The summed E-state index contributed by atoms with van der Waals surface area (Å²) in [6.45, 7) is 3.85. The van der Waals surface area contributed by atoms with Crippen molar-refractivity contribution in [2.24, 2.45) is 0 Å². The second-order valence-electron chi connectivity index (χ2n) is 6.43. The summed E-state index contributed by atoms with van der Waals surface area (Å²) in [5, 5.41) is 4.29. The smallest absolute Gasteiger partial charge is 0.325 e. The molecular weight excluding hydrogens is 347 g/mol. The average Bonchev–Trinajstić information content (AvgIpc) is 2.51. The van der Waals surface area contributed by atoms with Crippen LogP contribution in [0.25, 0.3) is 0 Å². The molecule has 2 amide bonds. The van der Waals surface area contributed by atoms with Gasteiger partial charge in [-0.2, -0.15) is 0 Å². The second kappa shape index (κ2) is 5.30. The highest BCUT2D eigenvalue weighted by Crippen LogP contribution is 2.46. The number of hydrogen-bond acceptors (Lipinski definition) is 2. The summed E-state index contributed by atoms with van der Waals surface area (Å²) >= 11 is 12.3.